The third-order valence-electron chi connectivity index (χ3n) is 6.50. The van der Waals surface area contributed by atoms with Gasteiger partial charge in [0.05, 0.1) is 25.1 Å². The Morgan fingerprint density at radius 1 is 1.00 bits per heavy atom. The smallest absolute Gasteiger partial charge is 0.274 e. The van der Waals surface area contributed by atoms with Gasteiger partial charge in [-0.3, -0.25) is 19.5 Å². The molecule has 188 valence electrons. The summed E-state index contributed by atoms with van der Waals surface area (Å²) < 4.78 is 19.5. The molecular formula is C25H33FN6O3. The van der Waals surface area contributed by atoms with Crippen LogP contribution in [0.15, 0.2) is 42.9 Å². The summed E-state index contributed by atoms with van der Waals surface area (Å²) in [6.45, 7) is 7.23. The summed E-state index contributed by atoms with van der Waals surface area (Å²) >= 11 is 0. The van der Waals surface area contributed by atoms with E-state index in [-0.39, 0.29) is 29.7 Å². The molecule has 0 saturated carbocycles. The number of aromatic nitrogens is 2. The number of carbonyl (C=O) groups excluding carboxylic acids is 2. The molecule has 9 nitrogen and oxygen atoms in total. The Bertz CT molecular complexity index is 965. The number of halogens is 1. The molecule has 2 saturated heterocycles. The van der Waals surface area contributed by atoms with E-state index >= 15 is 0 Å². The van der Waals surface area contributed by atoms with Crippen molar-refractivity contribution in [3.63, 3.8) is 0 Å². The second-order valence-electron chi connectivity index (χ2n) is 8.76. The Labute approximate surface area is 205 Å². The molecule has 2 aliphatic heterocycles. The van der Waals surface area contributed by atoms with Gasteiger partial charge in [-0.05, 0) is 18.6 Å². The lowest BCUT2D eigenvalue weighted by atomic mass is 10.2. The van der Waals surface area contributed by atoms with Crippen LogP contribution in [0.25, 0.3) is 0 Å². The van der Waals surface area contributed by atoms with E-state index in [9.17, 15) is 14.0 Å². The zero-order chi connectivity index (χ0) is 24.5. The highest BCUT2D eigenvalue weighted by molar-refractivity contribution is 5.92. The van der Waals surface area contributed by atoms with Gasteiger partial charge in [-0.15, -0.1) is 0 Å². The minimum atomic E-state index is -0.248. The molecular weight excluding hydrogens is 451 g/mol. The number of benzene rings is 1. The van der Waals surface area contributed by atoms with Crippen molar-refractivity contribution >= 4 is 17.5 Å². The first-order valence-electron chi connectivity index (χ1n) is 12.2. The molecule has 0 atom stereocenters. The molecule has 3 heterocycles. The summed E-state index contributed by atoms with van der Waals surface area (Å²) in [6, 6.07) is 6.71. The molecule has 2 aromatic rings. The molecule has 0 unspecified atom stereocenters. The second-order valence-corrected chi connectivity index (χ2v) is 8.76. The van der Waals surface area contributed by atoms with Crippen LogP contribution >= 0.6 is 0 Å². The molecule has 1 aromatic heterocycles. The number of rotatable bonds is 9. The highest BCUT2D eigenvalue weighted by atomic mass is 19.1. The number of nitrogens with zero attached hydrogens (tertiary/aromatic N) is 6. The fourth-order valence-corrected chi connectivity index (χ4v) is 4.49. The first-order chi connectivity index (χ1) is 17.1. The van der Waals surface area contributed by atoms with Crippen molar-refractivity contribution in [2.45, 2.75) is 12.8 Å². The first kappa shape index (κ1) is 25.0. The number of hydrogen-bond donors (Lipinski definition) is 0. The molecule has 4 rings (SSSR count). The first-order valence-corrected chi connectivity index (χ1v) is 12.2. The molecule has 2 amide bonds. The minimum Gasteiger partial charge on any atom is -0.379 e. The topological polar surface area (TPSA) is 82.1 Å². The molecule has 35 heavy (non-hydrogen) atoms. The zero-order valence-electron chi connectivity index (χ0n) is 20.0. The van der Waals surface area contributed by atoms with Crippen molar-refractivity contribution in [2.24, 2.45) is 0 Å². The van der Waals surface area contributed by atoms with Gasteiger partial charge in [-0.1, -0.05) is 12.1 Å². The largest absolute Gasteiger partial charge is 0.379 e. The third kappa shape index (κ3) is 6.95. The SMILES string of the molecule is O=C(CCN(CCCN1CCOCC1)C(=O)c1cnccn1)N1CCN(c2ccccc2F)CC1. The molecule has 0 radical (unpaired) electrons. The maximum absolute atomic E-state index is 14.1. The fourth-order valence-electron chi connectivity index (χ4n) is 4.49. The Kier molecular flexibility index (Phi) is 8.96. The van der Waals surface area contributed by atoms with Gasteiger partial charge < -0.3 is 19.4 Å². The number of para-hydroxylation sites is 1. The van der Waals surface area contributed by atoms with Crippen LogP contribution in [0.2, 0.25) is 0 Å². The molecule has 0 N–H and O–H groups in total. The van der Waals surface area contributed by atoms with Crippen molar-refractivity contribution in [1.82, 2.24) is 24.7 Å². The number of carbonyl (C=O) groups is 2. The van der Waals surface area contributed by atoms with E-state index in [0.29, 0.717) is 45.0 Å². The molecule has 0 spiro atoms. The monoisotopic (exact) mass is 484 g/mol. The summed E-state index contributed by atoms with van der Waals surface area (Å²) in [4.78, 5) is 42.0. The predicted octanol–water partition coefficient (Wildman–Crippen LogP) is 1.52. The highest BCUT2D eigenvalue weighted by Crippen LogP contribution is 2.20. The van der Waals surface area contributed by atoms with E-state index in [0.717, 1.165) is 39.3 Å². The summed E-state index contributed by atoms with van der Waals surface area (Å²) in [5.41, 5.74) is 0.852. The van der Waals surface area contributed by atoms with Crippen LogP contribution in [-0.2, 0) is 9.53 Å². The van der Waals surface area contributed by atoms with Crippen molar-refractivity contribution < 1.29 is 18.7 Å². The van der Waals surface area contributed by atoms with Crippen LogP contribution < -0.4 is 4.90 Å². The number of anilines is 1. The quantitative estimate of drug-likeness (QED) is 0.534. The van der Waals surface area contributed by atoms with Crippen LogP contribution in [-0.4, -0.2) is 109 Å². The summed E-state index contributed by atoms with van der Waals surface area (Å²) in [5, 5.41) is 0. The lowest BCUT2D eigenvalue weighted by Gasteiger charge is -2.36. The Morgan fingerprint density at radius 3 is 2.49 bits per heavy atom. The Morgan fingerprint density at radius 2 is 1.77 bits per heavy atom. The Hall–Kier alpha value is -3.11. The highest BCUT2D eigenvalue weighted by Gasteiger charge is 2.24. The van der Waals surface area contributed by atoms with E-state index in [1.54, 1.807) is 21.9 Å². The van der Waals surface area contributed by atoms with E-state index < -0.39 is 0 Å². The van der Waals surface area contributed by atoms with Gasteiger partial charge in [-0.25, -0.2) is 9.37 Å². The van der Waals surface area contributed by atoms with Crippen LogP contribution in [0.3, 0.4) is 0 Å². The van der Waals surface area contributed by atoms with Crippen LogP contribution in [0.4, 0.5) is 10.1 Å². The summed E-state index contributed by atoms with van der Waals surface area (Å²) in [6.07, 6.45) is 5.54. The lowest BCUT2D eigenvalue weighted by molar-refractivity contribution is -0.131. The number of piperazine rings is 1. The average molecular weight is 485 g/mol. The number of amides is 2. The van der Waals surface area contributed by atoms with Crippen molar-refractivity contribution in [1.29, 1.82) is 0 Å². The van der Waals surface area contributed by atoms with Crippen LogP contribution in [0.1, 0.15) is 23.3 Å². The maximum Gasteiger partial charge on any atom is 0.274 e. The minimum absolute atomic E-state index is 0.00306. The maximum atomic E-state index is 14.1. The predicted molar refractivity (Wildman–Crippen MR) is 130 cm³/mol. The van der Waals surface area contributed by atoms with Gasteiger partial charge in [0.15, 0.2) is 0 Å². The standard InChI is InChI=1S/C25H33FN6O3/c26-21-4-1-2-5-23(21)30-12-14-31(15-13-30)24(33)6-11-32(25(34)22-20-27-7-8-28-22)10-3-9-29-16-18-35-19-17-29/h1-2,4-5,7-8,20H,3,6,9-19H2. The number of ether oxygens (including phenoxy) is 1. The van der Waals surface area contributed by atoms with Gasteiger partial charge in [0.25, 0.3) is 5.91 Å². The van der Waals surface area contributed by atoms with Crippen molar-refractivity contribution in [3.05, 3.63) is 54.4 Å². The van der Waals surface area contributed by atoms with Crippen molar-refractivity contribution in [3.8, 4) is 0 Å². The van der Waals surface area contributed by atoms with E-state index in [2.05, 4.69) is 14.9 Å². The van der Waals surface area contributed by atoms with Gasteiger partial charge in [0, 0.05) is 77.7 Å². The molecule has 0 bridgehead atoms. The zero-order valence-corrected chi connectivity index (χ0v) is 20.0. The van der Waals surface area contributed by atoms with Gasteiger partial charge >= 0.3 is 0 Å². The Balaban J connectivity index is 1.29. The van der Waals surface area contributed by atoms with Gasteiger partial charge in [0.2, 0.25) is 5.91 Å². The van der Waals surface area contributed by atoms with Crippen molar-refractivity contribution in [2.75, 3.05) is 77.0 Å². The molecule has 1 aromatic carbocycles. The van der Waals surface area contributed by atoms with Gasteiger partial charge in [-0.2, -0.15) is 0 Å². The molecule has 0 aliphatic carbocycles. The third-order valence-corrected chi connectivity index (χ3v) is 6.50. The second kappa shape index (κ2) is 12.6. The molecule has 10 heteroatoms. The molecule has 2 fully saturated rings. The average Bonchev–Trinajstić information content (AvgIpc) is 2.91. The van der Waals surface area contributed by atoms with Gasteiger partial charge in [0.1, 0.15) is 11.5 Å². The van der Waals surface area contributed by atoms with Crippen LogP contribution in [0, 0.1) is 5.82 Å². The molecule has 2 aliphatic rings. The summed E-state index contributed by atoms with van der Waals surface area (Å²) in [7, 11) is 0. The number of morpholine rings is 1. The van der Waals surface area contributed by atoms with Crippen LogP contribution in [0.5, 0.6) is 0 Å². The van der Waals surface area contributed by atoms with E-state index in [1.807, 2.05) is 11.0 Å². The van der Waals surface area contributed by atoms with E-state index in [1.165, 1.54) is 24.7 Å². The normalized spacial score (nSPS) is 16.8. The van der Waals surface area contributed by atoms with E-state index in [4.69, 9.17) is 4.74 Å². The summed E-state index contributed by atoms with van der Waals surface area (Å²) in [5.74, 6) is -0.455. The lowest BCUT2D eigenvalue weighted by Crippen LogP contribution is -2.49. The number of hydrogen-bond acceptors (Lipinski definition) is 7. The fraction of sp³-hybridized carbons (Fsp3) is 0.520.